The first-order valence-electron chi connectivity index (χ1n) is 5.89. The minimum absolute atomic E-state index is 0.136. The number of hydrogen-bond acceptors (Lipinski definition) is 1. The first-order valence-corrected chi connectivity index (χ1v) is 9.39. The van der Waals surface area contributed by atoms with E-state index in [0.29, 0.717) is 5.75 Å². The zero-order valence-corrected chi connectivity index (χ0v) is 12.4. The second kappa shape index (κ2) is 4.95. The highest BCUT2D eigenvalue weighted by Crippen LogP contribution is 2.31. The Labute approximate surface area is 107 Å². The molecule has 0 saturated carbocycles. The summed E-state index contributed by atoms with van der Waals surface area (Å²) < 4.78 is 43.9. The molecule has 102 valence electrons. The molecular weight excluding hydrogens is 257 g/mol. The smallest absolute Gasteiger partial charge is 0.416 e. The topological polar surface area (TPSA) is 9.23 Å². The Kier molecular flexibility index (Phi) is 4.15. The van der Waals surface area contributed by atoms with Crippen molar-refractivity contribution in [2.24, 2.45) is 0 Å². The molecule has 0 aliphatic heterocycles. The van der Waals surface area contributed by atoms with Gasteiger partial charge >= 0.3 is 6.18 Å². The number of alkyl halides is 3. The van der Waals surface area contributed by atoms with Crippen LogP contribution in [0.4, 0.5) is 13.2 Å². The van der Waals surface area contributed by atoms with Gasteiger partial charge in [-0.2, -0.15) is 13.2 Å². The molecule has 1 rings (SSSR count). The van der Waals surface area contributed by atoms with Crippen molar-refractivity contribution in [1.29, 1.82) is 0 Å². The molecule has 0 radical (unpaired) electrons. The lowest BCUT2D eigenvalue weighted by atomic mass is 10.2. The molecule has 5 heteroatoms. The van der Waals surface area contributed by atoms with Crippen molar-refractivity contribution in [3.63, 3.8) is 0 Å². The van der Waals surface area contributed by atoms with Gasteiger partial charge in [0.05, 0.1) is 19.7 Å². The van der Waals surface area contributed by atoms with Gasteiger partial charge in [-0.3, -0.25) is 0 Å². The van der Waals surface area contributed by atoms with E-state index in [9.17, 15) is 13.2 Å². The van der Waals surface area contributed by atoms with Crippen LogP contribution in [0.1, 0.15) is 19.4 Å². The van der Waals surface area contributed by atoms with Crippen LogP contribution in [-0.2, 0) is 6.18 Å². The summed E-state index contributed by atoms with van der Waals surface area (Å²) in [5.74, 6) is 0.303. The van der Waals surface area contributed by atoms with Crippen molar-refractivity contribution >= 4 is 13.3 Å². The van der Waals surface area contributed by atoms with Crippen molar-refractivity contribution < 1.29 is 17.9 Å². The van der Waals surface area contributed by atoms with Crippen LogP contribution < -0.4 is 9.92 Å². The lowest BCUT2D eigenvalue weighted by molar-refractivity contribution is -0.137. The van der Waals surface area contributed by atoms with Crippen LogP contribution in [0.25, 0.3) is 0 Å². The minimum Gasteiger partial charge on any atom is -0.491 e. The van der Waals surface area contributed by atoms with E-state index in [4.69, 9.17) is 4.74 Å². The summed E-state index contributed by atoms with van der Waals surface area (Å²) in [6, 6.07) is 4.06. The first-order chi connectivity index (χ1) is 8.00. The lowest BCUT2D eigenvalue weighted by Crippen LogP contribution is -2.38. The summed E-state index contributed by atoms with van der Waals surface area (Å²) in [4.78, 5) is 0. The Balaban J connectivity index is 3.29. The fraction of sp³-hybridized carbons (Fsp3) is 0.538. The maximum atomic E-state index is 12.8. The highest BCUT2D eigenvalue weighted by molar-refractivity contribution is 6.88. The molecule has 1 nitrogen and oxygen atoms in total. The third-order valence-electron chi connectivity index (χ3n) is 2.47. The van der Waals surface area contributed by atoms with Crippen LogP contribution in [-0.4, -0.2) is 14.2 Å². The highest BCUT2D eigenvalue weighted by atomic mass is 28.3. The molecule has 1 aromatic carbocycles. The van der Waals surface area contributed by atoms with E-state index >= 15 is 0 Å². The average molecular weight is 276 g/mol. The van der Waals surface area contributed by atoms with Crippen molar-refractivity contribution in [2.45, 2.75) is 45.8 Å². The molecule has 0 amide bonds. The number of benzene rings is 1. The van der Waals surface area contributed by atoms with E-state index in [2.05, 4.69) is 0 Å². The number of hydrogen-bond donors (Lipinski definition) is 0. The molecule has 18 heavy (non-hydrogen) atoms. The Morgan fingerprint density at radius 1 is 1.06 bits per heavy atom. The maximum absolute atomic E-state index is 12.8. The van der Waals surface area contributed by atoms with Crippen molar-refractivity contribution in [2.75, 3.05) is 0 Å². The summed E-state index contributed by atoms with van der Waals surface area (Å²) in [5, 5.41) is 0.757. The molecule has 0 aromatic heterocycles. The van der Waals surface area contributed by atoms with E-state index in [0.717, 1.165) is 11.3 Å². The van der Waals surface area contributed by atoms with Crippen LogP contribution in [0.15, 0.2) is 18.2 Å². The molecule has 0 spiro atoms. The molecule has 0 saturated heterocycles. The Hall–Kier alpha value is -0.973. The molecular formula is C13H19F3OSi. The summed E-state index contributed by atoms with van der Waals surface area (Å²) in [6.45, 7) is 9.65. The number of ether oxygens (including phenoxy) is 1. The zero-order chi connectivity index (χ0) is 14.1. The van der Waals surface area contributed by atoms with Gasteiger partial charge in [-0.05, 0) is 26.0 Å². The largest absolute Gasteiger partial charge is 0.491 e. The Bertz CT molecular complexity index is 387. The molecule has 0 aliphatic carbocycles. The molecule has 0 unspecified atom stereocenters. The van der Waals surface area contributed by atoms with Crippen LogP contribution >= 0.6 is 0 Å². The predicted octanol–water partition coefficient (Wildman–Crippen LogP) is 4.04. The predicted molar refractivity (Wildman–Crippen MR) is 70.2 cm³/mol. The van der Waals surface area contributed by atoms with Gasteiger partial charge in [0.15, 0.2) is 0 Å². The summed E-state index contributed by atoms with van der Waals surface area (Å²) >= 11 is 0. The van der Waals surface area contributed by atoms with E-state index in [1.54, 1.807) is 19.9 Å². The van der Waals surface area contributed by atoms with Crippen molar-refractivity contribution in [3.8, 4) is 5.75 Å². The molecule has 0 atom stereocenters. The van der Waals surface area contributed by atoms with Gasteiger partial charge in [-0.15, -0.1) is 0 Å². The molecule has 0 heterocycles. The van der Waals surface area contributed by atoms with E-state index < -0.39 is 19.8 Å². The van der Waals surface area contributed by atoms with Crippen molar-refractivity contribution in [3.05, 3.63) is 23.8 Å². The molecule has 0 bridgehead atoms. The zero-order valence-electron chi connectivity index (χ0n) is 11.4. The molecule has 0 aliphatic rings. The Morgan fingerprint density at radius 3 is 2.00 bits per heavy atom. The fourth-order valence-electron chi connectivity index (χ4n) is 1.54. The van der Waals surface area contributed by atoms with Gasteiger partial charge in [0.1, 0.15) is 5.75 Å². The normalized spacial score (nSPS) is 12.9. The standard InChI is InChI=1S/C13H19F3OSi/c1-9(2)17-11-6-10(13(14,15)16)7-12(8-11)18(3,4)5/h6-9H,1-5H3. The monoisotopic (exact) mass is 276 g/mol. The van der Waals surface area contributed by atoms with Crippen LogP contribution in [0.2, 0.25) is 19.6 Å². The lowest BCUT2D eigenvalue weighted by Gasteiger charge is -2.21. The van der Waals surface area contributed by atoms with E-state index in [1.165, 1.54) is 6.07 Å². The fourth-order valence-corrected chi connectivity index (χ4v) is 2.70. The molecule has 0 fully saturated rings. The second-order valence-electron chi connectivity index (χ2n) is 5.66. The average Bonchev–Trinajstić information content (AvgIpc) is 2.13. The highest BCUT2D eigenvalue weighted by Gasteiger charge is 2.33. The Morgan fingerprint density at radius 2 is 1.61 bits per heavy atom. The maximum Gasteiger partial charge on any atom is 0.416 e. The summed E-state index contributed by atoms with van der Waals surface area (Å²) in [6.07, 6.45) is -4.46. The van der Waals surface area contributed by atoms with E-state index in [-0.39, 0.29) is 6.10 Å². The van der Waals surface area contributed by atoms with Crippen LogP contribution in [0, 0.1) is 0 Å². The van der Waals surface area contributed by atoms with E-state index in [1.807, 2.05) is 19.6 Å². The van der Waals surface area contributed by atoms with Gasteiger partial charge in [0.2, 0.25) is 0 Å². The number of halogens is 3. The van der Waals surface area contributed by atoms with Crippen molar-refractivity contribution in [1.82, 2.24) is 0 Å². The quantitative estimate of drug-likeness (QED) is 0.757. The van der Waals surface area contributed by atoms with Crippen LogP contribution in [0.5, 0.6) is 5.75 Å². The van der Waals surface area contributed by atoms with Gasteiger partial charge in [-0.1, -0.05) is 30.9 Å². The first kappa shape index (κ1) is 15.1. The van der Waals surface area contributed by atoms with Crippen LogP contribution in [0.3, 0.4) is 0 Å². The van der Waals surface area contributed by atoms with Gasteiger partial charge in [0.25, 0.3) is 0 Å². The van der Waals surface area contributed by atoms with Gasteiger partial charge in [0, 0.05) is 0 Å². The second-order valence-corrected chi connectivity index (χ2v) is 10.7. The third-order valence-corrected chi connectivity index (χ3v) is 4.49. The SMILES string of the molecule is CC(C)Oc1cc(C(F)(F)F)cc([Si](C)(C)C)c1. The molecule has 0 N–H and O–H groups in total. The minimum atomic E-state index is -4.33. The van der Waals surface area contributed by atoms with Gasteiger partial charge < -0.3 is 4.74 Å². The third kappa shape index (κ3) is 4.05. The molecule has 1 aromatic rings. The number of rotatable bonds is 3. The summed E-state index contributed by atoms with van der Waals surface area (Å²) in [7, 11) is -1.81. The van der Waals surface area contributed by atoms with Gasteiger partial charge in [-0.25, -0.2) is 0 Å². The summed E-state index contributed by atoms with van der Waals surface area (Å²) in [5.41, 5.74) is -0.627.